The molecule has 0 saturated heterocycles. The van der Waals surface area contributed by atoms with Gasteiger partial charge in [0.05, 0.1) is 16.2 Å². The van der Waals surface area contributed by atoms with Crippen molar-refractivity contribution in [1.29, 1.82) is 0 Å². The Balaban J connectivity index is 1.64. The third kappa shape index (κ3) is 4.22. The van der Waals surface area contributed by atoms with Gasteiger partial charge < -0.3 is 5.32 Å². The number of aromatic nitrogens is 2. The summed E-state index contributed by atoms with van der Waals surface area (Å²) in [6, 6.07) is 10.2. The molecule has 0 aliphatic heterocycles. The van der Waals surface area contributed by atoms with Crippen LogP contribution in [0.2, 0.25) is 4.34 Å². The lowest BCUT2D eigenvalue weighted by Gasteiger charge is -2.08. The smallest absolute Gasteiger partial charge is 0.271 e. The van der Waals surface area contributed by atoms with Crippen molar-refractivity contribution in [1.82, 2.24) is 9.97 Å². The summed E-state index contributed by atoms with van der Waals surface area (Å²) in [4.78, 5) is 8.23. The minimum Gasteiger partial charge on any atom is -0.366 e. The van der Waals surface area contributed by atoms with E-state index >= 15 is 0 Å². The van der Waals surface area contributed by atoms with Crippen molar-refractivity contribution < 1.29 is 8.42 Å². The Labute approximate surface area is 148 Å². The Morgan fingerprint density at radius 3 is 2.62 bits per heavy atom. The summed E-state index contributed by atoms with van der Waals surface area (Å²) in [5.41, 5.74) is 1.41. The summed E-state index contributed by atoms with van der Waals surface area (Å²) in [5.74, 6) is 0.640. The molecule has 3 rings (SSSR count). The van der Waals surface area contributed by atoms with E-state index < -0.39 is 10.0 Å². The molecule has 3 aromatic heterocycles. The van der Waals surface area contributed by atoms with Gasteiger partial charge in [0.25, 0.3) is 10.0 Å². The number of halogens is 1. The van der Waals surface area contributed by atoms with Crippen molar-refractivity contribution in [2.75, 3.05) is 10.0 Å². The summed E-state index contributed by atoms with van der Waals surface area (Å²) in [6.45, 7) is 0.583. The highest BCUT2D eigenvalue weighted by molar-refractivity contribution is 7.94. The van der Waals surface area contributed by atoms with E-state index in [9.17, 15) is 8.42 Å². The molecule has 3 heterocycles. The quantitative estimate of drug-likeness (QED) is 0.682. The van der Waals surface area contributed by atoms with Gasteiger partial charge in [-0.05, 0) is 35.9 Å². The summed E-state index contributed by atoms with van der Waals surface area (Å²) < 4.78 is 27.5. The van der Waals surface area contributed by atoms with Crippen LogP contribution in [0, 0.1) is 0 Å². The van der Waals surface area contributed by atoms with Crippen molar-refractivity contribution in [3.63, 3.8) is 0 Å². The zero-order chi connectivity index (χ0) is 17.0. The van der Waals surface area contributed by atoms with Crippen LogP contribution in [0.1, 0.15) is 5.56 Å². The SMILES string of the molecule is O=S(=O)(Nc1ccc(NCc2cccnc2)nc1)c1ccc(Cl)s1. The van der Waals surface area contributed by atoms with Gasteiger partial charge in [-0.3, -0.25) is 9.71 Å². The summed E-state index contributed by atoms with van der Waals surface area (Å²) in [6.07, 6.45) is 4.93. The van der Waals surface area contributed by atoms with Crippen LogP contribution < -0.4 is 10.0 Å². The summed E-state index contributed by atoms with van der Waals surface area (Å²) in [7, 11) is -3.65. The predicted octanol–water partition coefficient (Wildman–Crippen LogP) is 3.60. The Morgan fingerprint density at radius 2 is 2.00 bits per heavy atom. The Bertz CT molecular complexity index is 912. The van der Waals surface area contributed by atoms with Crippen molar-refractivity contribution >= 4 is 44.5 Å². The molecule has 0 aromatic carbocycles. The molecule has 0 saturated carbocycles. The normalized spacial score (nSPS) is 11.2. The van der Waals surface area contributed by atoms with E-state index in [2.05, 4.69) is 20.0 Å². The van der Waals surface area contributed by atoms with Crippen LogP contribution in [0.3, 0.4) is 0 Å². The highest BCUT2D eigenvalue weighted by atomic mass is 35.5. The van der Waals surface area contributed by atoms with Gasteiger partial charge in [-0.1, -0.05) is 17.7 Å². The van der Waals surface area contributed by atoms with Gasteiger partial charge in [-0.15, -0.1) is 11.3 Å². The standard InChI is InChI=1S/C15H13ClN4O2S2/c16-13-4-6-15(23-13)24(21,22)20-12-3-5-14(19-10-12)18-9-11-2-1-7-17-8-11/h1-8,10,20H,9H2,(H,18,19). The molecule has 0 radical (unpaired) electrons. The highest BCUT2D eigenvalue weighted by Gasteiger charge is 2.16. The number of nitrogens with zero attached hydrogens (tertiary/aromatic N) is 2. The first-order valence-electron chi connectivity index (χ1n) is 6.90. The fourth-order valence-corrected chi connectivity index (χ4v) is 4.43. The molecule has 9 heteroatoms. The summed E-state index contributed by atoms with van der Waals surface area (Å²) in [5, 5.41) is 3.14. The maximum atomic E-state index is 12.2. The molecule has 124 valence electrons. The van der Waals surface area contributed by atoms with Gasteiger partial charge in [-0.25, -0.2) is 13.4 Å². The maximum absolute atomic E-state index is 12.2. The molecule has 2 N–H and O–H groups in total. The lowest BCUT2D eigenvalue weighted by atomic mass is 10.3. The second kappa shape index (κ2) is 7.16. The lowest BCUT2D eigenvalue weighted by Crippen LogP contribution is -2.11. The van der Waals surface area contributed by atoms with Crippen molar-refractivity contribution in [2.24, 2.45) is 0 Å². The van der Waals surface area contributed by atoms with Gasteiger partial charge in [-0.2, -0.15) is 0 Å². The molecular weight excluding hydrogens is 368 g/mol. The van der Waals surface area contributed by atoms with Gasteiger partial charge in [0.15, 0.2) is 0 Å². The first-order valence-corrected chi connectivity index (χ1v) is 9.58. The highest BCUT2D eigenvalue weighted by Crippen LogP contribution is 2.27. The monoisotopic (exact) mass is 380 g/mol. The molecular formula is C15H13ClN4O2S2. The molecule has 0 bridgehead atoms. The number of anilines is 2. The van der Waals surface area contributed by atoms with Crippen LogP contribution >= 0.6 is 22.9 Å². The third-order valence-electron chi connectivity index (χ3n) is 3.03. The molecule has 3 aromatic rings. The van der Waals surface area contributed by atoms with Crippen LogP contribution in [0.25, 0.3) is 0 Å². The molecule has 0 unspecified atom stereocenters. The Morgan fingerprint density at radius 1 is 1.12 bits per heavy atom. The van der Waals surface area contributed by atoms with E-state index in [0.29, 0.717) is 22.4 Å². The number of hydrogen-bond donors (Lipinski definition) is 2. The van der Waals surface area contributed by atoms with E-state index in [0.717, 1.165) is 16.9 Å². The number of sulfonamides is 1. The lowest BCUT2D eigenvalue weighted by molar-refractivity contribution is 0.603. The molecule has 6 nitrogen and oxygen atoms in total. The Kier molecular flexibility index (Phi) is 4.98. The number of hydrogen-bond acceptors (Lipinski definition) is 6. The van der Waals surface area contributed by atoms with E-state index in [1.54, 1.807) is 30.6 Å². The molecule has 0 fully saturated rings. The fraction of sp³-hybridized carbons (Fsp3) is 0.0667. The second-order valence-electron chi connectivity index (χ2n) is 4.81. The average molecular weight is 381 g/mol. The predicted molar refractivity (Wildman–Crippen MR) is 95.9 cm³/mol. The topological polar surface area (TPSA) is 84.0 Å². The molecule has 0 aliphatic rings. The number of thiophene rings is 1. The van der Waals surface area contributed by atoms with E-state index in [4.69, 9.17) is 11.6 Å². The minimum absolute atomic E-state index is 0.159. The first kappa shape index (κ1) is 16.7. The van der Waals surface area contributed by atoms with Crippen LogP contribution in [0.15, 0.2) is 59.2 Å². The van der Waals surface area contributed by atoms with Crippen molar-refractivity contribution in [2.45, 2.75) is 10.8 Å². The van der Waals surface area contributed by atoms with Gasteiger partial charge in [0.2, 0.25) is 0 Å². The zero-order valence-electron chi connectivity index (χ0n) is 12.3. The van der Waals surface area contributed by atoms with E-state index in [1.165, 1.54) is 12.3 Å². The fourth-order valence-electron chi connectivity index (χ4n) is 1.90. The average Bonchev–Trinajstić information content (AvgIpc) is 3.02. The van der Waals surface area contributed by atoms with Crippen molar-refractivity contribution in [3.05, 3.63) is 64.9 Å². The van der Waals surface area contributed by atoms with E-state index in [-0.39, 0.29) is 4.21 Å². The molecule has 24 heavy (non-hydrogen) atoms. The van der Waals surface area contributed by atoms with Gasteiger partial charge in [0, 0.05) is 18.9 Å². The number of pyridine rings is 2. The van der Waals surface area contributed by atoms with Crippen LogP contribution in [-0.4, -0.2) is 18.4 Å². The largest absolute Gasteiger partial charge is 0.366 e. The van der Waals surface area contributed by atoms with Crippen LogP contribution in [-0.2, 0) is 16.6 Å². The van der Waals surface area contributed by atoms with Crippen LogP contribution in [0.4, 0.5) is 11.5 Å². The molecule has 0 spiro atoms. The molecule has 0 aliphatic carbocycles. The van der Waals surface area contributed by atoms with E-state index in [1.807, 2.05) is 12.1 Å². The molecule has 0 atom stereocenters. The maximum Gasteiger partial charge on any atom is 0.271 e. The minimum atomic E-state index is -3.65. The van der Waals surface area contributed by atoms with Gasteiger partial charge >= 0.3 is 0 Å². The second-order valence-corrected chi connectivity index (χ2v) is 8.44. The van der Waals surface area contributed by atoms with Gasteiger partial charge in [0.1, 0.15) is 10.0 Å². The number of nitrogens with one attached hydrogen (secondary N) is 2. The number of rotatable bonds is 6. The molecule has 0 amide bonds. The summed E-state index contributed by atoms with van der Waals surface area (Å²) >= 11 is 6.78. The third-order valence-corrected chi connectivity index (χ3v) is 6.13. The first-order chi connectivity index (χ1) is 11.5. The van der Waals surface area contributed by atoms with Crippen molar-refractivity contribution in [3.8, 4) is 0 Å². The zero-order valence-corrected chi connectivity index (χ0v) is 14.7. The van der Waals surface area contributed by atoms with Crippen LogP contribution in [0.5, 0.6) is 0 Å². The Hall–Kier alpha value is -2.16.